The monoisotopic (exact) mass is 487 g/mol. The predicted molar refractivity (Wildman–Crippen MR) is 144 cm³/mol. The van der Waals surface area contributed by atoms with E-state index in [1.54, 1.807) is 0 Å². The number of carbonyl (C=O) groups is 1. The Morgan fingerprint density at radius 1 is 0.829 bits per heavy atom. The standard InChI is InChI=1S/C30H37NO3Si/c1-23-28(33-21-24-15-9-6-10-16-24)27(29(32)31(23)5)22-34-35(30(2,3)4,25-17-11-7-12-18-25)26-19-13-8-14-20-26/h6-20,23,27-28H,21-22H2,1-5H3/t23-,27+,28-/m0/s1. The van der Waals surface area contributed by atoms with Crippen LogP contribution in [0, 0.1) is 5.92 Å². The number of hydrogen-bond acceptors (Lipinski definition) is 3. The highest BCUT2D eigenvalue weighted by atomic mass is 28.4. The molecule has 3 aromatic rings. The van der Waals surface area contributed by atoms with E-state index in [0.29, 0.717) is 13.2 Å². The zero-order valence-electron chi connectivity index (χ0n) is 21.5. The fourth-order valence-corrected chi connectivity index (χ4v) is 9.91. The quantitative estimate of drug-likeness (QED) is 0.435. The molecule has 0 saturated carbocycles. The first-order chi connectivity index (χ1) is 16.8. The van der Waals surface area contributed by atoms with Crippen molar-refractivity contribution < 1.29 is 14.0 Å². The molecule has 1 heterocycles. The molecule has 0 N–H and O–H groups in total. The molecule has 3 atom stereocenters. The fraction of sp³-hybridized carbons (Fsp3) is 0.367. The fourth-order valence-electron chi connectivity index (χ4n) is 5.32. The number of benzene rings is 3. The van der Waals surface area contributed by atoms with Crippen LogP contribution in [-0.2, 0) is 20.6 Å². The average molecular weight is 488 g/mol. The third-order valence-electron chi connectivity index (χ3n) is 7.33. The van der Waals surface area contributed by atoms with E-state index in [4.69, 9.17) is 9.16 Å². The number of likely N-dealkylation sites (N-methyl/N-ethyl adjacent to an activating group) is 1. The van der Waals surface area contributed by atoms with Gasteiger partial charge in [-0.3, -0.25) is 4.79 Å². The lowest BCUT2D eigenvalue weighted by Gasteiger charge is -2.43. The molecule has 4 nitrogen and oxygen atoms in total. The van der Waals surface area contributed by atoms with Gasteiger partial charge in [0.05, 0.1) is 24.7 Å². The number of ether oxygens (including phenoxy) is 1. The zero-order valence-corrected chi connectivity index (χ0v) is 22.5. The van der Waals surface area contributed by atoms with Crippen LogP contribution in [0.5, 0.6) is 0 Å². The summed E-state index contributed by atoms with van der Waals surface area (Å²) in [6.45, 7) is 9.65. The van der Waals surface area contributed by atoms with Crippen LogP contribution in [0.2, 0.25) is 5.04 Å². The molecule has 35 heavy (non-hydrogen) atoms. The lowest BCUT2D eigenvalue weighted by atomic mass is 10.0. The molecule has 0 spiro atoms. The van der Waals surface area contributed by atoms with Crippen LogP contribution in [0.4, 0.5) is 0 Å². The highest BCUT2D eigenvalue weighted by molar-refractivity contribution is 6.99. The van der Waals surface area contributed by atoms with E-state index in [1.807, 2.05) is 42.3 Å². The molecule has 1 amide bonds. The molecule has 1 aliphatic rings. The Labute approximate surface area is 211 Å². The van der Waals surface area contributed by atoms with Crippen molar-refractivity contribution in [1.29, 1.82) is 0 Å². The van der Waals surface area contributed by atoms with Crippen LogP contribution in [-0.4, -0.2) is 44.9 Å². The minimum Gasteiger partial charge on any atom is -0.406 e. The highest BCUT2D eigenvalue weighted by Crippen LogP contribution is 2.38. The van der Waals surface area contributed by atoms with Crippen molar-refractivity contribution in [3.8, 4) is 0 Å². The second-order valence-corrected chi connectivity index (χ2v) is 14.8. The lowest BCUT2D eigenvalue weighted by molar-refractivity contribution is -0.132. The molecule has 0 aliphatic carbocycles. The number of likely N-dealkylation sites (tertiary alicyclic amines) is 1. The molecule has 1 fully saturated rings. The SMILES string of the molecule is C[C@H]1[C@H](OCc2ccccc2)[C@@H](CO[Si](c2ccccc2)(c2ccccc2)C(C)(C)C)C(=O)N1C. The second-order valence-electron chi connectivity index (χ2n) is 10.5. The van der Waals surface area contributed by atoms with Crippen LogP contribution >= 0.6 is 0 Å². The van der Waals surface area contributed by atoms with E-state index < -0.39 is 8.32 Å². The third kappa shape index (κ3) is 4.99. The normalized spacial score (nSPS) is 20.9. The Bertz CT molecular complexity index is 1060. The number of carbonyl (C=O) groups excluding carboxylic acids is 1. The van der Waals surface area contributed by atoms with Gasteiger partial charge in [-0.15, -0.1) is 0 Å². The third-order valence-corrected chi connectivity index (χ3v) is 12.3. The smallest absolute Gasteiger partial charge is 0.261 e. The van der Waals surface area contributed by atoms with Crippen molar-refractivity contribution in [3.63, 3.8) is 0 Å². The minimum atomic E-state index is -2.73. The molecule has 184 valence electrons. The summed E-state index contributed by atoms with van der Waals surface area (Å²) in [6, 6.07) is 31.2. The van der Waals surface area contributed by atoms with E-state index in [0.717, 1.165) is 5.56 Å². The van der Waals surface area contributed by atoms with Crippen LogP contribution in [0.3, 0.4) is 0 Å². The van der Waals surface area contributed by atoms with Gasteiger partial charge in [0.15, 0.2) is 0 Å². The molecule has 0 unspecified atom stereocenters. The molecular formula is C30H37NO3Si. The van der Waals surface area contributed by atoms with Gasteiger partial charge in [0, 0.05) is 13.7 Å². The Morgan fingerprint density at radius 3 is 1.80 bits per heavy atom. The maximum Gasteiger partial charge on any atom is 0.261 e. The van der Waals surface area contributed by atoms with E-state index in [1.165, 1.54) is 10.4 Å². The molecule has 4 rings (SSSR count). The zero-order chi connectivity index (χ0) is 25.1. The molecule has 0 radical (unpaired) electrons. The Morgan fingerprint density at radius 2 is 1.31 bits per heavy atom. The lowest BCUT2D eigenvalue weighted by Crippen LogP contribution is -2.67. The number of amides is 1. The molecule has 0 bridgehead atoms. The van der Waals surface area contributed by atoms with Crippen molar-refractivity contribution in [1.82, 2.24) is 4.90 Å². The second kappa shape index (κ2) is 10.5. The summed E-state index contributed by atoms with van der Waals surface area (Å²) < 4.78 is 13.5. The van der Waals surface area contributed by atoms with Gasteiger partial charge in [0.2, 0.25) is 5.91 Å². The Kier molecular flexibility index (Phi) is 7.60. The van der Waals surface area contributed by atoms with Crippen molar-refractivity contribution in [2.24, 2.45) is 5.92 Å². The van der Waals surface area contributed by atoms with Crippen LogP contribution in [0.15, 0.2) is 91.0 Å². The van der Waals surface area contributed by atoms with Gasteiger partial charge in [0.1, 0.15) is 0 Å². The summed E-state index contributed by atoms with van der Waals surface area (Å²) in [5, 5.41) is 2.29. The van der Waals surface area contributed by atoms with Crippen molar-refractivity contribution >= 4 is 24.6 Å². The van der Waals surface area contributed by atoms with Crippen LogP contribution in [0.25, 0.3) is 0 Å². The van der Waals surface area contributed by atoms with Crippen LogP contribution in [0.1, 0.15) is 33.3 Å². The first-order valence-electron chi connectivity index (χ1n) is 12.4. The van der Waals surface area contributed by atoms with Gasteiger partial charge in [-0.25, -0.2) is 0 Å². The minimum absolute atomic E-state index is 0.0148. The molecule has 1 saturated heterocycles. The first kappa shape index (κ1) is 25.4. The molecule has 5 heteroatoms. The summed E-state index contributed by atoms with van der Waals surface area (Å²) in [5.41, 5.74) is 1.10. The number of hydrogen-bond donors (Lipinski definition) is 0. The van der Waals surface area contributed by atoms with Gasteiger partial charge in [-0.2, -0.15) is 0 Å². The molecule has 0 aromatic heterocycles. The van der Waals surface area contributed by atoms with Crippen molar-refractivity contribution in [2.75, 3.05) is 13.7 Å². The van der Waals surface area contributed by atoms with E-state index >= 15 is 0 Å². The van der Waals surface area contributed by atoms with Crippen molar-refractivity contribution in [2.45, 2.75) is 51.5 Å². The molecular weight excluding hydrogens is 450 g/mol. The summed E-state index contributed by atoms with van der Waals surface area (Å²) >= 11 is 0. The number of nitrogens with zero attached hydrogens (tertiary/aromatic N) is 1. The molecule has 1 aliphatic heterocycles. The van der Waals surface area contributed by atoms with Gasteiger partial charge < -0.3 is 14.1 Å². The Balaban J connectivity index is 1.67. The van der Waals surface area contributed by atoms with Gasteiger partial charge in [-0.1, -0.05) is 112 Å². The largest absolute Gasteiger partial charge is 0.406 e. The molecule has 3 aromatic carbocycles. The van der Waals surface area contributed by atoms with E-state index in [2.05, 4.69) is 88.4 Å². The van der Waals surface area contributed by atoms with Gasteiger partial charge in [-0.05, 0) is 27.9 Å². The summed E-state index contributed by atoms with van der Waals surface area (Å²) in [4.78, 5) is 15.2. The summed E-state index contributed by atoms with van der Waals surface area (Å²) in [5.74, 6) is -0.256. The maximum absolute atomic E-state index is 13.4. The average Bonchev–Trinajstić information content (AvgIpc) is 3.07. The van der Waals surface area contributed by atoms with Crippen LogP contribution < -0.4 is 10.4 Å². The van der Waals surface area contributed by atoms with Gasteiger partial charge >= 0.3 is 0 Å². The summed E-state index contributed by atoms with van der Waals surface area (Å²) in [6.07, 6.45) is -0.231. The summed E-state index contributed by atoms with van der Waals surface area (Å²) in [7, 11) is -0.863. The van der Waals surface area contributed by atoms with Crippen molar-refractivity contribution in [3.05, 3.63) is 96.6 Å². The first-order valence-corrected chi connectivity index (χ1v) is 14.3. The number of rotatable bonds is 8. The predicted octanol–water partition coefficient (Wildman–Crippen LogP) is 4.63. The Hall–Kier alpha value is -2.73. The maximum atomic E-state index is 13.4. The topological polar surface area (TPSA) is 38.8 Å². The van der Waals surface area contributed by atoms with E-state index in [9.17, 15) is 4.79 Å². The highest BCUT2D eigenvalue weighted by Gasteiger charge is 2.52. The van der Waals surface area contributed by atoms with Gasteiger partial charge in [0.25, 0.3) is 8.32 Å². The van der Waals surface area contributed by atoms with E-state index in [-0.39, 0.29) is 29.0 Å².